The summed E-state index contributed by atoms with van der Waals surface area (Å²) >= 11 is 0. The van der Waals surface area contributed by atoms with Crippen LogP contribution in [-0.2, 0) is 4.79 Å². The summed E-state index contributed by atoms with van der Waals surface area (Å²) in [6.07, 6.45) is 0. The van der Waals surface area contributed by atoms with Gasteiger partial charge in [-0.3, -0.25) is 4.79 Å². The Hall–Kier alpha value is -2.09. The van der Waals surface area contributed by atoms with E-state index in [9.17, 15) is 4.79 Å². The summed E-state index contributed by atoms with van der Waals surface area (Å²) < 4.78 is 0. The largest absolute Gasteiger partial charge is 0.355 e. The molecule has 0 radical (unpaired) electrons. The lowest BCUT2D eigenvalue weighted by molar-refractivity contribution is -0.127. The lowest BCUT2D eigenvalue weighted by Gasteiger charge is -2.40. The van der Waals surface area contributed by atoms with E-state index in [0.717, 1.165) is 5.82 Å². The first-order valence-electron chi connectivity index (χ1n) is 6.33. The third-order valence-corrected chi connectivity index (χ3v) is 2.92. The summed E-state index contributed by atoms with van der Waals surface area (Å²) in [5.74, 6) is 0.853. The van der Waals surface area contributed by atoms with Crippen LogP contribution in [0.25, 0.3) is 0 Å². The van der Waals surface area contributed by atoms with E-state index in [1.807, 2.05) is 43.9 Å². The van der Waals surface area contributed by atoms with Gasteiger partial charge >= 0.3 is 0 Å². The predicted molar refractivity (Wildman–Crippen MR) is 72.6 cm³/mol. The van der Waals surface area contributed by atoms with Crippen LogP contribution in [0.1, 0.15) is 26.5 Å². The van der Waals surface area contributed by atoms with Crippen molar-refractivity contribution in [3.63, 3.8) is 0 Å². The van der Waals surface area contributed by atoms with Gasteiger partial charge in [0.1, 0.15) is 17.6 Å². The van der Waals surface area contributed by atoms with E-state index in [2.05, 4.69) is 10.3 Å². The molecule has 1 fully saturated rings. The van der Waals surface area contributed by atoms with Gasteiger partial charge < -0.3 is 10.2 Å². The molecule has 19 heavy (non-hydrogen) atoms. The summed E-state index contributed by atoms with van der Waals surface area (Å²) in [6, 6.07) is 7.36. The van der Waals surface area contributed by atoms with E-state index in [-0.39, 0.29) is 17.4 Å². The molecule has 5 heteroatoms. The van der Waals surface area contributed by atoms with Crippen LogP contribution >= 0.6 is 0 Å². The Kier molecular flexibility index (Phi) is 3.43. The summed E-state index contributed by atoms with van der Waals surface area (Å²) in [7, 11) is 0. The molecule has 0 aromatic carbocycles. The van der Waals surface area contributed by atoms with Crippen molar-refractivity contribution >= 4 is 11.7 Å². The number of amides is 1. The van der Waals surface area contributed by atoms with Crippen molar-refractivity contribution in [1.82, 2.24) is 10.3 Å². The average Bonchev–Trinajstić information content (AvgIpc) is 2.25. The summed E-state index contributed by atoms with van der Waals surface area (Å²) in [4.78, 5) is 18.2. The lowest BCUT2D eigenvalue weighted by Crippen LogP contribution is -2.56. The van der Waals surface area contributed by atoms with E-state index in [0.29, 0.717) is 18.8 Å². The third kappa shape index (κ3) is 3.22. The van der Waals surface area contributed by atoms with Crippen molar-refractivity contribution in [3.8, 4) is 6.07 Å². The van der Waals surface area contributed by atoms with Crippen LogP contribution in [0.15, 0.2) is 18.2 Å². The Morgan fingerprint density at radius 2 is 2.16 bits per heavy atom. The van der Waals surface area contributed by atoms with Gasteiger partial charge in [0.15, 0.2) is 0 Å². The molecule has 100 valence electrons. The molecule has 1 aromatic rings. The Balaban J connectivity index is 1.93. The van der Waals surface area contributed by atoms with Gasteiger partial charge in [-0.05, 0) is 32.9 Å². The smallest absolute Gasteiger partial charge is 0.227 e. The van der Waals surface area contributed by atoms with E-state index < -0.39 is 0 Å². The molecule has 0 spiro atoms. The highest BCUT2D eigenvalue weighted by Crippen LogP contribution is 2.23. The van der Waals surface area contributed by atoms with Gasteiger partial charge in [0.2, 0.25) is 5.91 Å². The Morgan fingerprint density at radius 1 is 1.47 bits per heavy atom. The monoisotopic (exact) mass is 258 g/mol. The summed E-state index contributed by atoms with van der Waals surface area (Å²) in [5, 5.41) is 11.8. The first-order chi connectivity index (χ1) is 8.89. The van der Waals surface area contributed by atoms with Crippen LogP contribution in [0, 0.1) is 17.2 Å². The molecular weight excluding hydrogens is 240 g/mol. The third-order valence-electron chi connectivity index (χ3n) is 2.92. The lowest BCUT2D eigenvalue weighted by atomic mass is 9.97. The zero-order valence-corrected chi connectivity index (χ0v) is 11.5. The van der Waals surface area contributed by atoms with Gasteiger partial charge in [0, 0.05) is 18.6 Å². The van der Waals surface area contributed by atoms with Crippen molar-refractivity contribution in [3.05, 3.63) is 23.9 Å². The van der Waals surface area contributed by atoms with Gasteiger partial charge in [-0.1, -0.05) is 6.07 Å². The van der Waals surface area contributed by atoms with Crippen LogP contribution in [0.4, 0.5) is 5.82 Å². The van der Waals surface area contributed by atoms with Gasteiger partial charge in [-0.15, -0.1) is 0 Å². The quantitative estimate of drug-likeness (QED) is 0.868. The number of anilines is 1. The topological polar surface area (TPSA) is 69.0 Å². The van der Waals surface area contributed by atoms with Crippen molar-refractivity contribution in [2.24, 2.45) is 5.92 Å². The van der Waals surface area contributed by atoms with Gasteiger partial charge in [-0.25, -0.2) is 4.98 Å². The second-order valence-electron chi connectivity index (χ2n) is 5.83. The molecule has 2 heterocycles. The molecule has 5 nitrogen and oxygen atoms in total. The van der Waals surface area contributed by atoms with E-state index >= 15 is 0 Å². The number of aromatic nitrogens is 1. The second kappa shape index (κ2) is 4.88. The fourth-order valence-corrected chi connectivity index (χ4v) is 1.96. The maximum Gasteiger partial charge on any atom is 0.227 e. The molecule has 1 aliphatic rings. The first-order valence-corrected chi connectivity index (χ1v) is 6.33. The highest BCUT2D eigenvalue weighted by atomic mass is 16.2. The van der Waals surface area contributed by atoms with Crippen LogP contribution in [0.3, 0.4) is 0 Å². The molecule has 0 bridgehead atoms. The number of pyridine rings is 1. The number of hydrogen-bond donors (Lipinski definition) is 1. The minimum Gasteiger partial charge on any atom is -0.355 e. The SMILES string of the molecule is CC(C)(C)NC(=O)C1CN(c2cccc(C#N)n2)C1. The maximum atomic E-state index is 11.9. The number of nitrogens with one attached hydrogen (secondary N) is 1. The average molecular weight is 258 g/mol. The second-order valence-corrected chi connectivity index (χ2v) is 5.83. The molecular formula is C14H18N4O. The molecule has 1 aliphatic heterocycles. The Morgan fingerprint density at radius 3 is 2.74 bits per heavy atom. The van der Waals surface area contributed by atoms with Gasteiger partial charge in [0.25, 0.3) is 0 Å². The van der Waals surface area contributed by atoms with Crippen molar-refractivity contribution in [2.45, 2.75) is 26.3 Å². The zero-order chi connectivity index (χ0) is 14.0. The minimum absolute atomic E-state index is 0.00627. The summed E-state index contributed by atoms with van der Waals surface area (Å²) in [6.45, 7) is 7.23. The predicted octanol–water partition coefficient (Wildman–Crippen LogP) is 1.30. The maximum absolute atomic E-state index is 11.9. The highest BCUT2D eigenvalue weighted by molar-refractivity contribution is 5.82. The van der Waals surface area contributed by atoms with Gasteiger partial charge in [0.05, 0.1) is 5.92 Å². The minimum atomic E-state index is -0.198. The number of nitriles is 1. The molecule has 1 N–H and O–H groups in total. The van der Waals surface area contributed by atoms with Crippen LogP contribution in [0.5, 0.6) is 0 Å². The fourth-order valence-electron chi connectivity index (χ4n) is 1.96. The van der Waals surface area contributed by atoms with E-state index in [1.54, 1.807) is 6.07 Å². The molecule has 2 rings (SSSR count). The van der Waals surface area contributed by atoms with Crippen molar-refractivity contribution < 1.29 is 4.79 Å². The molecule has 0 aliphatic carbocycles. The molecule has 0 unspecified atom stereocenters. The van der Waals surface area contributed by atoms with Crippen molar-refractivity contribution in [1.29, 1.82) is 5.26 Å². The normalized spacial score (nSPS) is 15.6. The molecule has 1 saturated heterocycles. The van der Waals surface area contributed by atoms with Crippen LogP contribution in [-0.4, -0.2) is 29.5 Å². The summed E-state index contributed by atoms with van der Waals surface area (Å²) in [5.41, 5.74) is 0.205. The number of rotatable bonds is 2. The number of hydrogen-bond acceptors (Lipinski definition) is 4. The van der Waals surface area contributed by atoms with Crippen LogP contribution < -0.4 is 10.2 Å². The number of nitrogens with zero attached hydrogens (tertiary/aromatic N) is 3. The number of carbonyl (C=O) groups excluding carboxylic acids is 1. The Labute approximate surface area is 113 Å². The van der Waals surface area contributed by atoms with Crippen molar-refractivity contribution in [2.75, 3.05) is 18.0 Å². The fraction of sp³-hybridized carbons (Fsp3) is 0.500. The highest BCUT2D eigenvalue weighted by Gasteiger charge is 2.34. The molecule has 1 amide bonds. The number of carbonyl (C=O) groups is 1. The van der Waals surface area contributed by atoms with Crippen LogP contribution in [0.2, 0.25) is 0 Å². The molecule has 0 saturated carbocycles. The van der Waals surface area contributed by atoms with E-state index in [1.165, 1.54) is 0 Å². The first kappa shape index (κ1) is 13.3. The molecule has 1 aromatic heterocycles. The van der Waals surface area contributed by atoms with Gasteiger partial charge in [-0.2, -0.15) is 5.26 Å². The standard InChI is InChI=1S/C14H18N4O/c1-14(2,3)17-13(19)10-8-18(9-10)12-6-4-5-11(7-15)16-12/h4-6,10H,8-9H2,1-3H3,(H,17,19). The molecule has 0 atom stereocenters. The van der Waals surface area contributed by atoms with E-state index in [4.69, 9.17) is 5.26 Å². The Bertz CT molecular complexity index is 521. The zero-order valence-electron chi connectivity index (χ0n) is 11.5.